The second-order valence-electron chi connectivity index (χ2n) is 9.52. The van der Waals surface area contributed by atoms with Crippen LogP contribution in [0.5, 0.6) is 0 Å². The van der Waals surface area contributed by atoms with E-state index in [2.05, 4.69) is 5.32 Å². The van der Waals surface area contributed by atoms with E-state index < -0.39 is 35.9 Å². The average molecular weight is 441 g/mol. The summed E-state index contributed by atoms with van der Waals surface area (Å²) in [4.78, 5) is 24.1. The quantitative estimate of drug-likeness (QED) is 0.363. The minimum Gasteiger partial charge on any atom is -0.443 e. The Kier molecular flexibility index (Phi) is 7.00. The van der Waals surface area contributed by atoms with Crippen LogP contribution in [0.3, 0.4) is 0 Å². The minimum atomic E-state index is -0.804. The number of nitrogens with two attached hydrogens (primary N) is 1. The van der Waals surface area contributed by atoms with Gasteiger partial charge in [0, 0.05) is 7.11 Å². The molecular weight excluding hydrogens is 404 g/mol. The van der Waals surface area contributed by atoms with E-state index in [1.165, 1.54) is 0 Å². The number of amides is 2. The number of alkyl carbamates (subject to hydrolysis) is 1. The topological polar surface area (TPSA) is 136 Å². The molecule has 0 aromatic carbocycles. The molecule has 1 saturated carbocycles. The van der Waals surface area contributed by atoms with Crippen molar-refractivity contribution in [1.29, 1.82) is 0 Å². The van der Waals surface area contributed by atoms with Crippen molar-refractivity contribution < 1.29 is 33.6 Å². The number of methoxy groups -OCH3 is 1. The predicted molar refractivity (Wildman–Crippen MR) is 112 cm³/mol. The van der Waals surface area contributed by atoms with E-state index in [1.807, 2.05) is 19.9 Å². The van der Waals surface area contributed by atoms with Gasteiger partial charge in [-0.15, -0.1) is 0 Å². The van der Waals surface area contributed by atoms with Gasteiger partial charge in [0.25, 0.3) is 0 Å². The highest BCUT2D eigenvalue weighted by atomic mass is 16.6. The van der Waals surface area contributed by atoms with Gasteiger partial charge in [-0.2, -0.15) is 0 Å². The van der Waals surface area contributed by atoms with Gasteiger partial charge in [-0.1, -0.05) is 25.5 Å². The van der Waals surface area contributed by atoms with Gasteiger partial charge in [-0.25, -0.2) is 4.79 Å². The van der Waals surface area contributed by atoms with E-state index in [4.69, 9.17) is 24.7 Å². The van der Waals surface area contributed by atoms with Gasteiger partial charge >= 0.3 is 6.09 Å². The Morgan fingerprint density at radius 3 is 2.58 bits per heavy atom. The van der Waals surface area contributed by atoms with E-state index >= 15 is 0 Å². The molecule has 31 heavy (non-hydrogen) atoms. The summed E-state index contributed by atoms with van der Waals surface area (Å²) in [5.74, 6) is -0.864. The first-order chi connectivity index (χ1) is 14.6. The summed E-state index contributed by atoms with van der Waals surface area (Å²) in [6.07, 6.45) is 2.38. The zero-order valence-electron chi connectivity index (χ0n) is 19.1. The Balaban J connectivity index is 1.71. The standard InChI is InChI=1S/C22H36N2O7/c1-12(2)16(19(23)26)24-20(27)30-14-8-9-22(11-29-22)18(17(14)28-5)21(4)15(31-21)7-6-13(3)10-25/h6,12,14-18,25H,7-11H2,1-5H3,(H2,23,26)(H,24,27)/b13-6+/t14-,15-,16-,17-,18?,21?,22+/m1/s1. The second-order valence-corrected chi connectivity index (χ2v) is 9.52. The highest BCUT2D eigenvalue weighted by molar-refractivity contribution is 5.84. The Bertz CT molecular complexity index is 721. The van der Waals surface area contributed by atoms with E-state index in [9.17, 15) is 14.7 Å². The van der Waals surface area contributed by atoms with Crippen molar-refractivity contribution in [3.05, 3.63) is 11.6 Å². The smallest absolute Gasteiger partial charge is 0.408 e. The lowest BCUT2D eigenvalue weighted by Crippen LogP contribution is -2.57. The summed E-state index contributed by atoms with van der Waals surface area (Å²) in [5.41, 5.74) is 5.48. The van der Waals surface area contributed by atoms with Gasteiger partial charge in [-0.3, -0.25) is 4.79 Å². The molecule has 0 aromatic rings. The van der Waals surface area contributed by atoms with Gasteiger partial charge in [0.1, 0.15) is 29.5 Å². The molecule has 3 fully saturated rings. The summed E-state index contributed by atoms with van der Waals surface area (Å²) >= 11 is 0. The second kappa shape index (κ2) is 9.05. The van der Waals surface area contributed by atoms with Crippen LogP contribution in [0.15, 0.2) is 11.6 Å². The predicted octanol–water partition coefficient (Wildman–Crippen LogP) is 1.27. The molecule has 3 aliphatic rings. The summed E-state index contributed by atoms with van der Waals surface area (Å²) in [7, 11) is 1.60. The highest BCUT2D eigenvalue weighted by Crippen LogP contribution is 2.59. The van der Waals surface area contributed by atoms with Crippen LogP contribution in [0.25, 0.3) is 0 Å². The maximum atomic E-state index is 12.5. The fourth-order valence-electron chi connectivity index (χ4n) is 4.97. The number of carbonyl (C=O) groups excluding carboxylic acids is 2. The summed E-state index contributed by atoms with van der Waals surface area (Å²) < 4.78 is 23.6. The molecule has 9 nitrogen and oxygen atoms in total. The fraction of sp³-hybridized carbons (Fsp3) is 0.818. The molecule has 0 radical (unpaired) electrons. The molecule has 1 spiro atoms. The first kappa shape index (κ1) is 24.0. The molecule has 3 rings (SSSR count). The SMILES string of the molecule is CO[C@H]1C(C2(C)O[C@@H]2C/C=C(\C)CO)[C@]2(CC[C@H]1OC(=O)N[C@@H](C(N)=O)C(C)C)CO2. The lowest BCUT2D eigenvalue weighted by Gasteiger charge is -2.42. The fourth-order valence-corrected chi connectivity index (χ4v) is 4.97. The molecule has 2 unspecified atom stereocenters. The minimum absolute atomic E-state index is 0.0221. The van der Waals surface area contributed by atoms with E-state index in [0.717, 1.165) is 12.0 Å². The number of carbonyl (C=O) groups is 2. The number of aliphatic hydroxyl groups is 1. The third kappa shape index (κ3) is 4.89. The van der Waals surface area contributed by atoms with Crippen molar-refractivity contribution in [2.75, 3.05) is 20.3 Å². The van der Waals surface area contributed by atoms with Crippen molar-refractivity contribution in [3.8, 4) is 0 Å². The van der Waals surface area contributed by atoms with Crippen LogP contribution in [0.4, 0.5) is 4.79 Å². The van der Waals surface area contributed by atoms with Crippen LogP contribution in [0.2, 0.25) is 0 Å². The molecule has 2 aliphatic heterocycles. The number of nitrogens with one attached hydrogen (secondary N) is 1. The Labute approximate surface area is 183 Å². The molecule has 1 aliphatic carbocycles. The number of primary amides is 1. The molecule has 7 atom stereocenters. The zero-order valence-corrected chi connectivity index (χ0v) is 19.1. The molecule has 2 amide bonds. The number of aliphatic hydroxyl groups excluding tert-OH is 1. The van der Waals surface area contributed by atoms with Crippen molar-refractivity contribution in [2.45, 2.75) is 82.5 Å². The van der Waals surface area contributed by atoms with Crippen LogP contribution in [-0.4, -0.2) is 73.0 Å². The normalized spacial score (nSPS) is 38.1. The average Bonchev–Trinajstić information content (AvgIpc) is 3.62. The van der Waals surface area contributed by atoms with Crippen molar-refractivity contribution in [2.24, 2.45) is 17.6 Å². The van der Waals surface area contributed by atoms with Crippen LogP contribution < -0.4 is 11.1 Å². The molecule has 2 saturated heterocycles. The zero-order chi connectivity index (χ0) is 23.0. The molecule has 0 aromatic heterocycles. The molecule has 176 valence electrons. The largest absolute Gasteiger partial charge is 0.443 e. The third-order valence-corrected chi connectivity index (χ3v) is 6.93. The molecular formula is C22H36N2O7. The molecule has 9 heteroatoms. The molecule has 4 N–H and O–H groups in total. The van der Waals surface area contributed by atoms with Gasteiger partial charge in [0.2, 0.25) is 5.91 Å². The number of epoxide rings is 2. The van der Waals surface area contributed by atoms with Crippen molar-refractivity contribution in [3.63, 3.8) is 0 Å². The van der Waals surface area contributed by atoms with Crippen LogP contribution in [0.1, 0.15) is 47.0 Å². The van der Waals surface area contributed by atoms with E-state index in [-0.39, 0.29) is 30.1 Å². The van der Waals surface area contributed by atoms with Gasteiger partial charge in [0.05, 0.1) is 25.2 Å². The highest BCUT2D eigenvalue weighted by Gasteiger charge is 2.72. The molecule has 0 bridgehead atoms. The van der Waals surface area contributed by atoms with Crippen LogP contribution >= 0.6 is 0 Å². The lowest BCUT2D eigenvalue weighted by atomic mass is 9.68. The van der Waals surface area contributed by atoms with Gasteiger partial charge in [-0.05, 0) is 39.0 Å². The van der Waals surface area contributed by atoms with E-state index in [1.54, 1.807) is 21.0 Å². The van der Waals surface area contributed by atoms with E-state index in [0.29, 0.717) is 19.4 Å². The van der Waals surface area contributed by atoms with Crippen molar-refractivity contribution in [1.82, 2.24) is 5.32 Å². The van der Waals surface area contributed by atoms with Gasteiger partial charge in [0.15, 0.2) is 0 Å². The van der Waals surface area contributed by atoms with Crippen LogP contribution in [0, 0.1) is 11.8 Å². The lowest BCUT2D eigenvalue weighted by molar-refractivity contribution is -0.123. The Morgan fingerprint density at radius 1 is 1.39 bits per heavy atom. The Morgan fingerprint density at radius 2 is 2.06 bits per heavy atom. The number of hydrogen-bond acceptors (Lipinski definition) is 7. The Hall–Kier alpha value is -1.68. The molecule has 2 heterocycles. The summed E-state index contributed by atoms with van der Waals surface area (Å²) in [6.45, 7) is 8.18. The first-order valence-electron chi connectivity index (χ1n) is 11.0. The number of rotatable bonds is 9. The first-order valence-corrected chi connectivity index (χ1v) is 11.0. The maximum Gasteiger partial charge on any atom is 0.408 e. The number of ether oxygens (including phenoxy) is 4. The summed E-state index contributed by atoms with van der Waals surface area (Å²) in [6, 6.07) is -0.804. The van der Waals surface area contributed by atoms with Crippen molar-refractivity contribution >= 4 is 12.0 Å². The van der Waals surface area contributed by atoms with Crippen LogP contribution in [-0.2, 0) is 23.7 Å². The van der Waals surface area contributed by atoms with Gasteiger partial charge < -0.3 is 35.1 Å². The monoisotopic (exact) mass is 440 g/mol. The summed E-state index contributed by atoms with van der Waals surface area (Å²) in [5, 5.41) is 11.8. The maximum absolute atomic E-state index is 12.5. The third-order valence-electron chi connectivity index (χ3n) is 6.93. The number of hydrogen-bond donors (Lipinski definition) is 3.